The SMILES string of the molecule is Cc1ccccc1Nc1nc2nonc2nc1NN=Cc1ccc2c(c1)OCO2. The van der Waals surface area contributed by atoms with Crippen molar-refractivity contribution in [2.45, 2.75) is 6.92 Å². The van der Waals surface area contributed by atoms with Crippen molar-refractivity contribution in [2.24, 2.45) is 5.10 Å². The Morgan fingerprint density at radius 2 is 1.76 bits per heavy atom. The molecule has 0 saturated carbocycles. The summed E-state index contributed by atoms with van der Waals surface area (Å²) in [5.41, 5.74) is 6.27. The van der Waals surface area contributed by atoms with Crippen molar-refractivity contribution in [1.29, 1.82) is 0 Å². The molecule has 1 aliphatic heterocycles. The van der Waals surface area contributed by atoms with Gasteiger partial charge in [0.15, 0.2) is 23.1 Å². The molecule has 0 saturated heterocycles. The number of nitrogens with one attached hydrogen (secondary N) is 2. The van der Waals surface area contributed by atoms with Gasteiger partial charge in [0.2, 0.25) is 18.1 Å². The smallest absolute Gasteiger partial charge is 0.245 e. The van der Waals surface area contributed by atoms with E-state index in [4.69, 9.17) is 14.1 Å². The number of fused-ring (bicyclic) bond motifs is 2. The fourth-order valence-corrected chi connectivity index (χ4v) is 2.81. The zero-order valence-corrected chi connectivity index (χ0v) is 15.3. The molecule has 0 aliphatic carbocycles. The number of benzene rings is 2. The van der Waals surface area contributed by atoms with Gasteiger partial charge in [-0.2, -0.15) is 10.1 Å². The van der Waals surface area contributed by atoms with Gasteiger partial charge in [-0.15, -0.1) is 0 Å². The van der Waals surface area contributed by atoms with E-state index < -0.39 is 0 Å². The summed E-state index contributed by atoms with van der Waals surface area (Å²) in [5.74, 6) is 2.24. The third-order valence-corrected chi connectivity index (χ3v) is 4.29. The van der Waals surface area contributed by atoms with Gasteiger partial charge < -0.3 is 14.8 Å². The minimum absolute atomic E-state index is 0.226. The van der Waals surface area contributed by atoms with Crippen LogP contribution >= 0.6 is 0 Å². The molecule has 0 amide bonds. The monoisotopic (exact) mass is 389 g/mol. The first-order chi connectivity index (χ1) is 14.3. The summed E-state index contributed by atoms with van der Waals surface area (Å²) in [6, 6.07) is 13.4. The van der Waals surface area contributed by atoms with E-state index in [1.165, 1.54) is 0 Å². The highest BCUT2D eigenvalue weighted by atomic mass is 16.7. The number of nitrogens with zero attached hydrogens (tertiary/aromatic N) is 5. The van der Waals surface area contributed by atoms with E-state index in [1.54, 1.807) is 6.21 Å². The summed E-state index contributed by atoms with van der Waals surface area (Å²) in [7, 11) is 0. The summed E-state index contributed by atoms with van der Waals surface area (Å²) in [5, 5.41) is 15.0. The van der Waals surface area contributed by atoms with E-state index in [9.17, 15) is 0 Å². The van der Waals surface area contributed by atoms with Crippen LogP contribution < -0.4 is 20.2 Å². The molecule has 10 nitrogen and oxygen atoms in total. The molecule has 10 heteroatoms. The Morgan fingerprint density at radius 3 is 2.62 bits per heavy atom. The van der Waals surface area contributed by atoms with E-state index in [0.717, 1.165) is 22.6 Å². The Kier molecular flexibility index (Phi) is 4.13. The summed E-state index contributed by atoms with van der Waals surface area (Å²) in [6.07, 6.45) is 1.65. The van der Waals surface area contributed by atoms with Crippen LogP contribution in [0.15, 0.2) is 52.2 Å². The number of aryl methyl sites for hydroxylation is 1. The van der Waals surface area contributed by atoms with Gasteiger partial charge in [-0.3, -0.25) is 5.43 Å². The van der Waals surface area contributed by atoms with Gasteiger partial charge in [0.05, 0.1) is 6.21 Å². The maximum absolute atomic E-state index is 5.38. The Balaban J connectivity index is 1.43. The summed E-state index contributed by atoms with van der Waals surface area (Å²) in [6.45, 7) is 2.22. The van der Waals surface area contributed by atoms with Crippen LogP contribution in [0.1, 0.15) is 11.1 Å². The van der Waals surface area contributed by atoms with Crippen molar-refractivity contribution < 1.29 is 14.1 Å². The van der Waals surface area contributed by atoms with E-state index >= 15 is 0 Å². The van der Waals surface area contributed by atoms with E-state index in [2.05, 4.69) is 36.1 Å². The summed E-state index contributed by atoms with van der Waals surface area (Å²) in [4.78, 5) is 8.82. The van der Waals surface area contributed by atoms with Gasteiger partial charge in [-0.25, -0.2) is 9.61 Å². The Bertz CT molecular complexity index is 1220. The van der Waals surface area contributed by atoms with Gasteiger partial charge in [0, 0.05) is 5.69 Å². The standard InChI is InChI=1S/C19H15N7O3/c1-11-4-2-3-5-13(11)21-16-17(23-19-18(22-16)25-29-26-19)24-20-9-12-6-7-14-15(8-12)28-10-27-14/h2-9H,10H2,1H3,(H,21,22,25)(H,23,24,26). The molecule has 0 atom stereocenters. The van der Waals surface area contributed by atoms with Crippen LogP contribution in [0.5, 0.6) is 11.5 Å². The number of rotatable bonds is 5. The molecule has 5 rings (SSSR count). The number of aromatic nitrogens is 4. The van der Waals surface area contributed by atoms with Gasteiger partial charge in [0.25, 0.3) is 0 Å². The first-order valence-electron chi connectivity index (χ1n) is 8.78. The predicted octanol–water partition coefficient (Wildman–Crippen LogP) is 3.24. The molecule has 144 valence electrons. The second kappa shape index (κ2) is 7.08. The van der Waals surface area contributed by atoms with E-state index in [0.29, 0.717) is 23.0 Å². The molecule has 29 heavy (non-hydrogen) atoms. The molecule has 3 heterocycles. The van der Waals surface area contributed by atoms with Crippen molar-refractivity contribution >= 4 is 34.8 Å². The lowest BCUT2D eigenvalue weighted by molar-refractivity contribution is 0.174. The van der Waals surface area contributed by atoms with Crippen molar-refractivity contribution in [3.8, 4) is 11.5 Å². The zero-order valence-electron chi connectivity index (χ0n) is 15.3. The quantitative estimate of drug-likeness (QED) is 0.391. The average molecular weight is 389 g/mol. The molecular formula is C19H15N7O3. The lowest BCUT2D eigenvalue weighted by Crippen LogP contribution is -2.04. The average Bonchev–Trinajstić information content (AvgIpc) is 3.38. The molecule has 0 bridgehead atoms. The highest BCUT2D eigenvalue weighted by molar-refractivity contribution is 5.83. The van der Waals surface area contributed by atoms with Crippen LogP contribution in [0.2, 0.25) is 0 Å². The Morgan fingerprint density at radius 1 is 0.966 bits per heavy atom. The van der Waals surface area contributed by atoms with Crippen LogP contribution in [-0.4, -0.2) is 33.3 Å². The predicted molar refractivity (Wildman–Crippen MR) is 106 cm³/mol. The zero-order chi connectivity index (χ0) is 19.6. The molecule has 2 N–H and O–H groups in total. The fourth-order valence-electron chi connectivity index (χ4n) is 2.81. The van der Waals surface area contributed by atoms with Crippen molar-refractivity contribution in [3.05, 3.63) is 53.6 Å². The molecule has 1 aliphatic rings. The minimum Gasteiger partial charge on any atom is -0.454 e. The number of anilines is 3. The van der Waals surface area contributed by atoms with Crippen LogP contribution in [-0.2, 0) is 0 Å². The third-order valence-electron chi connectivity index (χ3n) is 4.29. The lowest BCUT2D eigenvalue weighted by atomic mass is 10.2. The highest BCUT2D eigenvalue weighted by Crippen LogP contribution is 2.32. The fraction of sp³-hybridized carbons (Fsp3) is 0.105. The number of para-hydroxylation sites is 1. The maximum atomic E-state index is 5.38. The third kappa shape index (κ3) is 3.38. The molecule has 0 unspecified atom stereocenters. The Labute approximate surface area is 164 Å². The van der Waals surface area contributed by atoms with Crippen LogP contribution in [0, 0.1) is 6.92 Å². The molecule has 2 aromatic carbocycles. The molecule has 4 aromatic rings. The topological polar surface area (TPSA) is 120 Å². The number of hydrogen-bond donors (Lipinski definition) is 2. The maximum Gasteiger partial charge on any atom is 0.245 e. The van der Waals surface area contributed by atoms with Crippen LogP contribution in [0.4, 0.5) is 17.3 Å². The first kappa shape index (κ1) is 16.9. The van der Waals surface area contributed by atoms with Crippen molar-refractivity contribution in [1.82, 2.24) is 20.3 Å². The molecular weight excluding hydrogens is 374 g/mol. The molecule has 0 spiro atoms. The summed E-state index contributed by atoms with van der Waals surface area (Å²) >= 11 is 0. The van der Waals surface area contributed by atoms with E-state index in [-0.39, 0.29) is 12.4 Å². The number of ether oxygens (including phenoxy) is 2. The van der Waals surface area contributed by atoms with Crippen molar-refractivity contribution in [3.63, 3.8) is 0 Å². The highest BCUT2D eigenvalue weighted by Gasteiger charge is 2.14. The molecule has 2 aromatic heterocycles. The second-order valence-corrected chi connectivity index (χ2v) is 6.25. The van der Waals surface area contributed by atoms with Crippen molar-refractivity contribution in [2.75, 3.05) is 17.5 Å². The van der Waals surface area contributed by atoms with Crippen LogP contribution in [0.3, 0.4) is 0 Å². The molecule has 0 fully saturated rings. The van der Waals surface area contributed by atoms with Crippen LogP contribution in [0.25, 0.3) is 11.3 Å². The van der Waals surface area contributed by atoms with E-state index in [1.807, 2.05) is 49.4 Å². The Hall–Kier alpha value is -4.21. The van der Waals surface area contributed by atoms with Gasteiger partial charge >= 0.3 is 0 Å². The lowest BCUT2D eigenvalue weighted by Gasteiger charge is -2.11. The second-order valence-electron chi connectivity index (χ2n) is 6.25. The van der Waals surface area contributed by atoms with Gasteiger partial charge in [0.1, 0.15) is 0 Å². The van der Waals surface area contributed by atoms with Gasteiger partial charge in [-0.1, -0.05) is 18.2 Å². The molecule has 0 radical (unpaired) electrons. The minimum atomic E-state index is 0.226. The normalized spacial score (nSPS) is 12.6. The largest absolute Gasteiger partial charge is 0.454 e. The summed E-state index contributed by atoms with van der Waals surface area (Å²) < 4.78 is 15.4. The number of hydrogen-bond acceptors (Lipinski definition) is 10. The first-order valence-corrected chi connectivity index (χ1v) is 8.78. The van der Waals surface area contributed by atoms with Gasteiger partial charge in [-0.05, 0) is 52.6 Å². The number of hydrazone groups is 1.